The molecular formula is C20H25F3N4O2S. The van der Waals surface area contributed by atoms with E-state index in [9.17, 15) is 21.6 Å². The van der Waals surface area contributed by atoms with Crippen molar-refractivity contribution in [3.8, 4) is 0 Å². The number of alkyl halides is 3. The van der Waals surface area contributed by atoms with Crippen molar-refractivity contribution < 1.29 is 21.6 Å². The van der Waals surface area contributed by atoms with Crippen LogP contribution in [0.5, 0.6) is 0 Å². The van der Waals surface area contributed by atoms with Crippen LogP contribution in [0.2, 0.25) is 0 Å². The van der Waals surface area contributed by atoms with E-state index in [-0.39, 0.29) is 5.54 Å². The second-order valence-corrected chi connectivity index (χ2v) is 9.81. The van der Waals surface area contributed by atoms with E-state index in [2.05, 4.69) is 29.0 Å². The number of halogens is 3. The van der Waals surface area contributed by atoms with Gasteiger partial charge in [-0.15, -0.1) is 0 Å². The highest BCUT2D eigenvalue weighted by molar-refractivity contribution is 7.92. The van der Waals surface area contributed by atoms with Crippen LogP contribution in [0, 0.1) is 0 Å². The summed E-state index contributed by atoms with van der Waals surface area (Å²) in [6.07, 6.45) is 1.76. The molecule has 2 aromatic rings. The summed E-state index contributed by atoms with van der Waals surface area (Å²) in [5.41, 5.74) is -3.72. The van der Waals surface area contributed by atoms with Crippen LogP contribution in [-0.4, -0.2) is 49.1 Å². The number of hydrogen-bond acceptors (Lipinski definition) is 6. The Morgan fingerprint density at radius 1 is 1.17 bits per heavy atom. The molecule has 1 N–H and O–H groups in total. The smallest absolute Gasteiger partial charge is 0.370 e. The highest BCUT2D eigenvalue weighted by atomic mass is 32.2. The third kappa shape index (κ3) is 4.54. The summed E-state index contributed by atoms with van der Waals surface area (Å²) in [6.45, 7) is 8.88. The number of pyridine rings is 1. The van der Waals surface area contributed by atoms with Crippen LogP contribution in [0.15, 0.2) is 47.5 Å². The Labute approximate surface area is 174 Å². The largest absolute Gasteiger partial charge is 0.501 e. The summed E-state index contributed by atoms with van der Waals surface area (Å²) in [4.78, 5) is 7.82. The van der Waals surface area contributed by atoms with Gasteiger partial charge in [-0.1, -0.05) is 0 Å². The van der Waals surface area contributed by atoms with Gasteiger partial charge < -0.3 is 10.2 Å². The lowest BCUT2D eigenvalue weighted by molar-refractivity contribution is -0.0436. The molecule has 0 amide bonds. The lowest BCUT2D eigenvalue weighted by atomic mass is 10.0. The first-order chi connectivity index (χ1) is 13.9. The molecule has 0 bridgehead atoms. The van der Waals surface area contributed by atoms with Crippen LogP contribution in [0.4, 0.5) is 24.7 Å². The van der Waals surface area contributed by atoms with E-state index in [4.69, 9.17) is 0 Å². The van der Waals surface area contributed by atoms with E-state index in [1.807, 2.05) is 24.0 Å². The third-order valence-electron chi connectivity index (χ3n) is 5.15. The van der Waals surface area contributed by atoms with Crippen LogP contribution in [-0.2, 0) is 16.4 Å². The first-order valence-corrected chi connectivity index (χ1v) is 11.0. The fourth-order valence-electron chi connectivity index (χ4n) is 3.49. The molecule has 6 nitrogen and oxygen atoms in total. The molecule has 0 radical (unpaired) electrons. The van der Waals surface area contributed by atoms with Crippen molar-refractivity contribution in [3.63, 3.8) is 0 Å². The van der Waals surface area contributed by atoms with Crippen LogP contribution in [0.25, 0.3) is 0 Å². The molecule has 0 saturated carbocycles. The van der Waals surface area contributed by atoms with Gasteiger partial charge in [0.2, 0.25) is 0 Å². The molecule has 2 heterocycles. The number of nitrogens with one attached hydrogen (secondary N) is 1. The topological polar surface area (TPSA) is 65.5 Å². The minimum absolute atomic E-state index is 0.182. The minimum atomic E-state index is -5.34. The van der Waals surface area contributed by atoms with Crippen LogP contribution in [0.3, 0.4) is 0 Å². The zero-order valence-corrected chi connectivity index (χ0v) is 17.9. The van der Waals surface area contributed by atoms with E-state index < -0.39 is 20.2 Å². The van der Waals surface area contributed by atoms with Crippen molar-refractivity contribution in [2.45, 2.75) is 43.3 Å². The first kappa shape index (κ1) is 22.4. The molecule has 1 fully saturated rings. The predicted octanol–water partition coefficient (Wildman–Crippen LogP) is 3.87. The number of aromatic nitrogens is 1. The van der Waals surface area contributed by atoms with Crippen molar-refractivity contribution in [2.75, 3.05) is 30.0 Å². The minimum Gasteiger partial charge on any atom is -0.370 e. The molecule has 164 valence electrons. The van der Waals surface area contributed by atoms with Gasteiger partial charge >= 0.3 is 5.51 Å². The molecule has 1 aromatic heterocycles. The van der Waals surface area contributed by atoms with Crippen molar-refractivity contribution in [1.82, 2.24) is 9.88 Å². The average Bonchev–Trinajstić information content (AvgIpc) is 2.96. The molecule has 1 aliphatic heterocycles. The SMILES string of the molecule is CCNc1cc(CN2CN(c3ccc(S(=O)(=O)C(F)(F)F)cc3)CC2(C)C)ccn1. The molecular weight excluding hydrogens is 417 g/mol. The van der Waals surface area contributed by atoms with Gasteiger partial charge in [-0.25, -0.2) is 13.4 Å². The number of anilines is 2. The van der Waals surface area contributed by atoms with Gasteiger partial charge in [-0.05, 0) is 62.7 Å². The Bertz CT molecular complexity index is 992. The van der Waals surface area contributed by atoms with Crippen LogP contribution >= 0.6 is 0 Å². The number of benzene rings is 1. The second-order valence-electron chi connectivity index (χ2n) is 7.87. The van der Waals surface area contributed by atoms with Gasteiger partial charge in [0.25, 0.3) is 9.84 Å². The Hall–Kier alpha value is -2.33. The predicted molar refractivity (Wildman–Crippen MR) is 110 cm³/mol. The van der Waals surface area contributed by atoms with Gasteiger partial charge in [-0.3, -0.25) is 4.90 Å². The fraction of sp³-hybridized carbons (Fsp3) is 0.450. The molecule has 0 aliphatic carbocycles. The number of rotatable bonds is 6. The van der Waals surface area contributed by atoms with Crippen molar-refractivity contribution in [2.24, 2.45) is 0 Å². The monoisotopic (exact) mass is 442 g/mol. The Kier molecular flexibility index (Phi) is 6.01. The number of nitrogens with zero attached hydrogens (tertiary/aromatic N) is 3. The van der Waals surface area contributed by atoms with Crippen molar-refractivity contribution in [3.05, 3.63) is 48.2 Å². The van der Waals surface area contributed by atoms with Gasteiger partial charge in [0.05, 0.1) is 11.6 Å². The molecule has 1 aliphatic rings. The quantitative estimate of drug-likeness (QED) is 0.733. The summed E-state index contributed by atoms with van der Waals surface area (Å²) in [5, 5.41) is 3.19. The van der Waals surface area contributed by atoms with Crippen molar-refractivity contribution >= 4 is 21.3 Å². The molecule has 3 rings (SSSR count). The molecule has 30 heavy (non-hydrogen) atoms. The number of sulfone groups is 1. The maximum absolute atomic E-state index is 12.7. The van der Waals surface area contributed by atoms with Crippen LogP contribution in [0.1, 0.15) is 26.3 Å². The Balaban J connectivity index is 1.76. The second kappa shape index (κ2) is 8.07. The normalized spacial score (nSPS) is 17.3. The van der Waals surface area contributed by atoms with E-state index in [1.54, 1.807) is 6.20 Å². The molecule has 10 heteroatoms. The van der Waals surface area contributed by atoms with Gasteiger partial charge in [0.15, 0.2) is 0 Å². The zero-order chi connectivity index (χ0) is 22.2. The molecule has 1 aromatic carbocycles. The van der Waals surface area contributed by atoms with Gasteiger partial charge in [0, 0.05) is 37.1 Å². The average molecular weight is 443 g/mol. The molecule has 0 unspecified atom stereocenters. The molecule has 0 spiro atoms. The summed E-state index contributed by atoms with van der Waals surface area (Å²) in [6, 6.07) is 8.83. The number of hydrogen-bond donors (Lipinski definition) is 1. The summed E-state index contributed by atoms with van der Waals surface area (Å²) in [7, 11) is -5.34. The Morgan fingerprint density at radius 3 is 2.43 bits per heavy atom. The first-order valence-electron chi connectivity index (χ1n) is 9.54. The zero-order valence-electron chi connectivity index (χ0n) is 17.1. The standard InChI is InChI=1S/C20H25F3N4O2S/c1-4-24-18-11-15(9-10-25-18)12-27-14-26(13-19(27,2)3)16-5-7-17(8-6-16)30(28,29)20(21,22)23/h5-11H,4,12-14H2,1-3H3,(H,24,25). The lowest BCUT2D eigenvalue weighted by Gasteiger charge is -2.29. The maximum Gasteiger partial charge on any atom is 0.501 e. The fourth-order valence-corrected chi connectivity index (χ4v) is 4.25. The molecule has 0 atom stereocenters. The van der Waals surface area contributed by atoms with Crippen molar-refractivity contribution in [1.29, 1.82) is 0 Å². The highest BCUT2D eigenvalue weighted by Crippen LogP contribution is 2.33. The molecule has 1 saturated heterocycles. The van der Waals surface area contributed by atoms with Gasteiger partial charge in [-0.2, -0.15) is 13.2 Å². The highest BCUT2D eigenvalue weighted by Gasteiger charge is 2.47. The lowest BCUT2D eigenvalue weighted by Crippen LogP contribution is -2.39. The summed E-state index contributed by atoms with van der Waals surface area (Å²) < 4.78 is 61.4. The summed E-state index contributed by atoms with van der Waals surface area (Å²) in [5.74, 6) is 0.810. The van der Waals surface area contributed by atoms with Gasteiger partial charge in [0.1, 0.15) is 5.82 Å². The summed E-state index contributed by atoms with van der Waals surface area (Å²) >= 11 is 0. The van der Waals surface area contributed by atoms with E-state index in [0.717, 1.165) is 30.1 Å². The maximum atomic E-state index is 12.7. The Morgan fingerprint density at radius 2 is 1.83 bits per heavy atom. The van der Waals surface area contributed by atoms with E-state index >= 15 is 0 Å². The van der Waals surface area contributed by atoms with E-state index in [0.29, 0.717) is 25.4 Å². The third-order valence-corrected chi connectivity index (χ3v) is 6.65. The van der Waals surface area contributed by atoms with Crippen LogP contribution < -0.4 is 10.2 Å². The van der Waals surface area contributed by atoms with E-state index in [1.165, 1.54) is 12.1 Å².